The molecule has 0 aromatic carbocycles. The van der Waals surface area contributed by atoms with Gasteiger partial charge < -0.3 is 41.4 Å². The highest BCUT2D eigenvalue weighted by molar-refractivity contribution is 5.87. The molecule has 0 fully saturated rings. The van der Waals surface area contributed by atoms with Gasteiger partial charge in [-0.15, -0.1) is 0 Å². The predicted octanol–water partition coefficient (Wildman–Crippen LogP) is 2.95. The van der Waals surface area contributed by atoms with E-state index < -0.39 is 29.2 Å². The van der Waals surface area contributed by atoms with Crippen molar-refractivity contribution in [3.05, 3.63) is 0 Å². The first-order chi connectivity index (χ1) is 20.0. The highest BCUT2D eigenvalue weighted by Gasteiger charge is 2.19. The van der Waals surface area contributed by atoms with E-state index in [2.05, 4.69) is 21.3 Å². The predicted molar refractivity (Wildman–Crippen MR) is 166 cm³/mol. The molecule has 0 heterocycles. The van der Waals surface area contributed by atoms with Gasteiger partial charge in [-0.25, -0.2) is 9.59 Å². The van der Waals surface area contributed by atoms with Gasteiger partial charge in [-0.05, 0) is 73.6 Å². The fraction of sp³-hybridized carbons (Fsp3) is 0.833. The van der Waals surface area contributed by atoms with Crippen LogP contribution in [0.15, 0.2) is 0 Å². The molecule has 0 bridgehead atoms. The molecule has 0 saturated carbocycles. The smallest absolute Gasteiger partial charge is 0.410 e. The number of nitrogens with two attached hydrogens (primary N) is 1. The zero-order valence-electron chi connectivity index (χ0n) is 27.6. The third kappa shape index (κ3) is 25.1. The molecule has 1 atom stereocenters. The Balaban J connectivity index is 3.77. The van der Waals surface area contributed by atoms with Crippen molar-refractivity contribution < 1.29 is 33.4 Å². The number of nitrogens with zero attached hydrogens (tertiary/aromatic N) is 1. The fourth-order valence-corrected chi connectivity index (χ4v) is 3.69. The summed E-state index contributed by atoms with van der Waals surface area (Å²) in [6.45, 7) is 12.9. The molecule has 13 nitrogen and oxygen atoms in total. The van der Waals surface area contributed by atoms with Crippen LogP contribution in [-0.4, -0.2) is 91.8 Å². The second-order valence-electron chi connectivity index (χ2n) is 12.7. The molecule has 13 heteroatoms. The van der Waals surface area contributed by atoms with Gasteiger partial charge in [-0.1, -0.05) is 25.7 Å². The Morgan fingerprint density at radius 1 is 0.674 bits per heavy atom. The third-order valence-corrected chi connectivity index (χ3v) is 5.98. The number of carbonyl (C=O) groups excluding carboxylic acids is 5. The SMILES string of the molecule is CN(CCCCCCNC(=O)CC[C@@H](N)C(=O)NCC(=O)NCCCCCCNC(=O)OC(C)(C)C)C(=O)OC(C)(C)C. The first kappa shape index (κ1) is 39.9. The summed E-state index contributed by atoms with van der Waals surface area (Å²) >= 11 is 0. The van der Waals surface area contributed by atoms with Gasteiger partial charge in [0.15, 0.2) is 0 Å². The van der Waals surface area contributed by atoms with Gasteiger partial charge in [0.2, 0.25) is 17.7 Å². The number of amides is 5. The summed E-state index contributed by atoms with van der Waals surface area (Å²) in [7, 11) is 1.72. The molecule has 250 valence electrons. The molecular weight excluding hydrogens is 556 g/mol. The van der Waals surface area contributed by atoms with E-state index in [0.29, 0.717) is 26.2 Å². The molecule has 6 N–H and O–H groups in total. The Morgan fingerprint density at radius 2 is 1.16 bits per heavy atom. The average Bonchev–Trinajstić information content (AvgIpc) is 2.89. The van der Waals surface area contributed by atoms with E-state index in [0.717, 1.165) is 51.4 Å². The van der Waals surface area contributed by atoms with Crippen molar-refractivity contribution in [2.45, 2.75) is 123 Å². The number of ether oxygens (including phenoxy) is 2. The summed E-state index contributed by atoms with van der Waals surface area (Å²) in [5.74, 6) is -0.954. The highest BCUT2D eigenvalue weighted by atomic mass is 16.6. The van der Waals surface area contributed by atoms with Crippen molar-refractivity contribution in [2.75, 3.05) is 39.8 Å². The number of hydrogen-bond acceptors (Lipinski definition) is 8. The lowest BCUT2D eigenvalue weighted by Crippen LogP contribution is -2.45. The van der Waals surface area contributed by atoms with Gasteiger partial charge >= 0.3 is 12.2 Å². The quantitative estimate of drug-likeness (QED) is 0.130. The maximum Gasteiger partial charge on any atom is 0.410 e. The topological polar surface area (TPSA) is 181 Å². The van der Waals surface area contributed by atoms with E-state index in [9.17, 15) is 24.0 Å². The minimum Gasteiger partial charge on any atom is -0.444 e. The van der Waals surface area contributed by atoms with Crippen molar-refractivity contribution in [2.24, 2.45) is 5.73 Å². The maximum atomic E-state index is 12.2. The van der Waals surface area contributed by atoms with Crippen molar-refractivity contribution >= 4 is 29.9 Å². The van der Waals surface area contributed by atoms with Crippen LogP contribution in [0.1, 0.15) is 106 Å². The van der Waals surface area contributed by atoms with Gasteiger partial charge in [-0.2, -0.15) is 0 Å². The van der Waals surface area contributed by atoms with Gasteiger partial charge in [0, 0.05) is 39.6 Å². The molecule has 5 amide bonds. The molecule has 0 unspecified atom stereocenters. The van der Waals surface area contributed by atoms with Crippen LogP contribution in [0.5, 0.6) is 0 Å². The van der Waals surface area contributed by atoms with Crippen LogP contribution in [0.4, 0.5) is 9.59 Å². The van der Waals surface area contributed by atoms with Crippen LogP contribution in [0.2, 0.25) is 0 Å². The average molecular weight is 615 g/mol. The van der Waals surface area contributed by atoms with Crippen molar-refractivity contribution in [1.82, 2.24) is 26.2 Å². The third-order valence-electron chi connectivity index (χ3n) is 5.98. The van der Waals surface area contributed by atoms with Crippen LogP contribution >= 0.6 is 0 Å². The van der Waals surface area contributed by atoms with E-state index in [1.807, 2.05) is 41.5 Å². The number of rotatable bonds is 20. The first-order valence-corrected chi connectivity index (χ1v) is 15.5. The molecule has 0 aliphatic heterocycles. The Labute approximate surface area is 258 Å². The number of carbonyl (C=O) groups is 5. The molecule has 0 spiro atoms. The molecule has 0 aromatic heterocycles. The lowest BCUT2D eigenvalue weighted by Gasteiger charge is -2.24. The van der Waals surface area contributed by atoms with E-state index in [4.69, 9.17) is 15.2 Å². The second kappa shape index (κ2) is 21.6. The number of hydrogen-bond donors (Lipinski definition) is 5. The lowest BCUT2D eigenvalue weighted by molar-refractivity contribution is -0.127. The van der Waals surface area contributed by atoms with Gasteiger partial charge in [0.25, 0.3) is 0 Å². The van der Waals surface area contributed by atoms with Crippen LogP contribution in [0.25, 0.3) is 0 Å². The zero-order valence-corrected chi connectivity index (χ0v) is 27.6. The number of nitrogens with one attached hydrogen (secondary N) is 4. The highest BCUT2D eigenvalue weighted by Crippen LogP contribution is 2.10. The molecule has 0 rings (SSSR count). The Kier molecular flexibility index (Phi) is 20.0. The van der Waals surface area contributed by atoms with Gasteiger partial charge in [0.1, 0.15) is 11.2 Å². The second-order valence-corrected chi connectivity index (χ2v) is 12.7. The van der Waals surface area contributed by atoms with Gasteiger partial charge in [0.05, 0.1) is 12.6 Å². The number of unbranched alkanes of at least 4 members (excludes halogenated alkanes) is 6. The molecule has 0 radical (unpaired) electrons. The lowest BCUT2D eigenvalue weighted by atomic mass is 10.1. The standard InChI is InChI=1S/C30H58N6O7/c1-29(2,3)42-27(40)34-20-14-9-8-12-19-33-25(38)22-35-26(39)23(31)16-17-24(37)32-18-13-10-11-15-21-36(7)28(41)43-30(4,5)6/h23H,8-22,31H2,1-7H3,(H,32,37)(H,33,38)(H,34,40)(H,35,39)/t23-/m1/s1. The zero-order chi connectivity index (χ0) is 32.9. The molecular formula is C30H58N6O7. The van der Waals surface area contributed by atoms with E-state index in [-0.39, 0.29) is 37.3 Å². The Morgan fingerprint density at radius 3 is 1.70 bits per heavy atom. The largest absolute Gasteiger partial charge is 0.444 e. The van der Waals surface area contributed by atoms with Crippen molar-refractivity contribution in [1.29, 1.82) is 0 Å². The van der Waals surface area contributed by atoms with Crippen molar-refractivity contribution in [3.63, 3.8) is 0 Å². The monoisotopic (exact) mass is 614 g/mol. The summed E-state index contributed by atoms with van der Waals surface area (Å²) < 4.78 is 10.5. The van der Waals surface area contributed by atoms with Crippen LogP contribution in [0, 0.1) is 0 Å². The summed E-state index contributed by atoms with van der Waals surface area (Å²) in [5.41, 5.74) is 4.85. The molecule has 0 aromatic rings. The first-order valence-electron chi connectivity index (χ1n) is 15.5. The maximum absolute atomic E-state index is 12.2. The minimum absolute atomic E-state index is 0.120. The molecule has 0 saturated heterocycles. The minimum atomic E-state index is -0.880. The molecule has 43 heavy (non-hydrogen) atoms. The normalized spacial score (nSPS) is 12.1. The Bertz CT molecular complexity index is 855. The van der Waals surface area contributed by atoms with E-state index >= 15 is 0 Å². The van der Waals surface area contributed by atoms with E-state index in [1.54, 1.807) is 11.9 Å². The summed E-state index contributed by atoms with van der Waals surface area (Å²) in [6, 6.07) is -0.880. The Hall–Kier alpha value is -3.09. The van der Waals surface area contributed by atoms with Gasteiger partial charge in [-0.3, -0.25) is 14.4 Å². The van der Waals surface area contributed by atoms with Crippen LogP contribution in [0.3, 0.4) is 0 Å². The fourth-order valence-electron chi connectivity index (χ4n) is 3.69. The molecule has 0 aliphatic carbocycles. The van der Waals surface area contributed by atoms with Crippen LogP contribution < -0.4 is 27.0 Å². The summed E-state index contributed by atoms with van der Waals surface area (Å²) in [6.07, 6.45) is 6.44. The summed E-state index contributed by atoms with van der Waals surface area (Å²) in [4.78, 5) is 61.3. The summed E-state index contributed by atoms with van der Waals surface area (Å²) in [5, 5.41) is 10.8. The number of alkyl carbamates (subject to hydrolysis) is 1. The molecule has 0 aliphatic rings. The van der Waals surface area contributed by atoms with Crippen molar-refractivity contribution in [3.8, 4) is 0 Å². The van der Waals surface area contributed by atoms with Crippen LogP contribution in [-0.2, 0) is 23.9 Å². The van der Waals surface area contributed by atoms with E-state index in [1.165, 1.54) is 0 Å².